The molecule has 4 aromatic rings. The van der Waals surface area contributed by atoms with Crippen molar-refractivity contribution in [3.8, 4) is 11.1 Å². The Morgan fingerprint density at radius 1 is 0.690 bits per heavy atom. The maximum atomic E-state index is 6.02. The fourth-order valence-corrected chi connectivity index (χ4v) is 5.75. The van der Waals surface area contributed by atoms with E-state index in [9.17, 15) is 0 Å². The van der Waals surface area contributed by atoms with E-state index in [-0.39, 0.29) is 16.2 Å². The molecule has 0 amide bonds. The molecule has 5 rings (SSSR count). The highest BCUT2D eigenvalue weighted by atomic mass is 79.9. The van der Waals surface area contributed by atoms with Gasteiger partial charge in [-0.2, -0.15) is 0 Å². The average molecular weight is 447 g/mol. The molecule has 2 heteroatoms. The van der Waals surface area contributed by atoms with Crippen molar-refractivity contribution in [2.75, 3.05) is 0 Å². The molecular formula is C27H27BrO. The van der Waals surface area contributed by atoms with Crippen LogP contribution in [0.1, 0.15) is 52.7 Å². The molecular weight excluding hydrogens is 420 g/mol. The molecule has 1 nitrogen and oxygen atoms in total. The molecule has 1 aliphatic carbocycles. The van der Waals surface area contributed by atoms with Gasteiger partial charge in [-0.3, -0.25) is 0 Å². The van der Waals surface area contributed by atoms with E-state index in [4.69, 9.17) is 4.42 Å². The Balaban J connectivity index is 1.76. The number of halogens is 1. The first-order chi connectivity index (χ1) is 13.6. The highest BCUT2D eigenvalue weighted by Gasteiger charge is 2.56. The van der Waals surface area contributed by atoms with Crippen LogP contribution in [-0.4, -0.2) is 0 Å². The molecule has 1 aliphatic rings. The average Bonchev–Trinajstić information content (AvgIpc) is 3.08. The van der Waals surface area contributed by atoms with Gasteiger partial charge >= 0.3 is 0 Å². The van der Waals surface area contributed by atoms with Gasteiger partial charge < -0.3 is 4.42 Å². The molecule has 0 bridgehead atoms. The summed E-state index contributed by atoms with van der Waals surface area (Å²) in [5, 5.41) is 2.34. The first-order valence-electron chi connectivity index (χ1n) is 10.3. The molecule has 0 unspecified atom stereocenters. The number of benzene rings is 3. The van der Waals surface area contributed by atoms with Crippen LogP contribution in [0.15, 0.2) is 63.5 Å². The lowest BCUT2D eigenvalue weighted by Crippen LogP contribution is -2.42. The van der Waals surface area contributed by atoms with E-state index in [1.807, 2.05) is 12.1 Å². The summed E-state index contributed by atoms with van der Waals surface area (Å²) in [4.78, 5) is 0. The van der Waals surface area contributed by atoms with E-state index in [1.165, 1.54) is 33.0 Å². The van der Waals surface area contributed by atoms with E-state index < -0.39 is 0 Å². The van der Waals surface area contributed by atoms with Crippen LogP contribution < -0.4 is 0 Å². The Kier molecular flexibility index (Phi) is 3.76. The lowest BCUT2D eigenvalue weighted by atomic mass is 9.59. The van der Waals surface area contributed by atoms with Gasteiger partial charge in [-0.25, -0.2) is 0 Å². The van der Waals surface area contributed by atoms with Crippen LogP contribution >= 0.6 is 15.9 Å². The summed E-state index contributed by atoms with van der Waals surface area (Å²) < 4.78 is 7.18. The van der Waals surface area contributed by atoms with Crippen molar-refractivity contribution in [3.63, 3.8) is 0 Å². The number of fused-ring (bicyclic) bond motifs is 4. The summed E-state index contributed by atoms with van der Waals surface area (Å²) in [5.74, 6) is 0. The summed E-state index contributed by atoms with van der Waals surface area (Å²) in [6.45, 7) is 14.4. The van der Waals surface area contributed by atoms with Crippen molar-refractivity contribution in [1.82, 2.24) is 0 Å². The summed E-state index contributed by atoms with van der Waals surface area (Å²) in [7, 11) is 0. The second-order valence-electron chi connectivity index (χ2n) is 10.1. The first-order valence-corrected chi connectivity index (χ1v) is 11.1. The van der Waals surface area contributed by atoms with Gasteiger partial charge in [0, 0.05) is 15.2 Å². The van der Waals surface area contributed by atoms with Crippen molar-refractivity contribution in [2.45, 2.75) is 52.4 Å². The van der Waals surface area contributed by atoms with Gasteiger partial charge in [0.25, 0.3) is 0 Å². The smallest absolute Gasteiger partial charge is 0.135 e. The van der Waals surface area contributed by atoms with Gasteiger partial charge in [-0.05, 0) is 68.8 Å². The van der Waals surface area contributed by atoms with E-state index in [0.717, 1.165) is 15.6 Å². The lowest BCUT2D eigenvalue weighted by Gasteiger charge is -2.44. The molecule has 0 N–H and O–H groups in total. The second-order valence-corrected chi connectivity index (χ2v) is 10.9. The van der Waals surface area contributed by atoms with Crippen LogP contribution in [0.5, 0.6) is 0 Å². The maximum Gasteiger partial charge on any atom is 0.135 e. The zero-order chi connectivity index (χ0) is 20.8. The number of furan rings is 1. The monoisotopic (exact) mass is 446 g/mol. The predicted octanol–water partition coefficient (Wildman–Crippen LogP) is 8.61. The van der Waals surface area contributed by atoms with Gasteiger partial charge in [0.1, 0.15) is 11.2 Å². The zero-order valence-corrected chi connectivity index (χ0v) is 19.6. The molecule has 148 valence electrons. The summed E-state index contributed by atoms with van der Waals surface area (Å²) in [6.07, 6.45) is 0. The molecule has 3 aromatic carbocycles. The number of para-hydroxylation sites is 1. The van der Waals surface area contributed by atoms with Gasteiger partial charge in [-0.15, -0.1) is 0 Å². The lowest BCUT2D eigenvalue weighted by molar-refractivity contribution is 0.125. The normalized spacial score (nSPS) is 19.0. The minimum absolute atomic E-state index is 0.0910. The minimum Gasteiger partial charge on any atom is -0.456 e. The predicted molar refractivity (Wildman–Crippen MR) is 127 cm³/mol. The van der Waals surface area contributed by atoms with Crippen LogP contribution in [-0.2, 0) is 10.8 Å². The largest absolute Gasteiger partial charge is 0.456 e. The number of hydrogen-bond acceptors (Lipinski definition) is 1. The van der Waals surface area contributed by atoms with Crippen molar-refractivity contribution in [3.05, 3.63) is 70.2 Å². The van der Waals surface area contributed by atoms with E-state index in [0.29, 0.717) is 0 Å². The summed E-state index contributed by atoms with van der Waals surface area (Å²) >= 11 is 3.89. The molecule has 1 aromatic heterocycles. The summed E-state index contributed by atoms with van der Waals surface area (Å²) in [5.41, 5.74) is 7.62. The molecule has 29 heavy (non-hydrogen) atoms. The third-order valence-corrected chi connectivity index (χ3v) is 8.92. The Hall–Kier alpha value is -2.06. The van der Waals surface area contributed by atoms with Crippen LogP contribution in [0.2, 0.25) is 0 Å². The number of rotatable bonds is 1. The van der Waals surface area contributed by atoms with Gasteiger partial charge in [0.2, 0.25) is 0 Å². The quantitative estimate of drug-likeness (QED) is 0.285. The van der Waals surface area contributed by atoms with E-state index in [2.05, 4.69) is 99.9 Å². The van der Waals surface area contributed by atoms with Crippen LogP contribution in [0, 0.1) is 5.41 Å². The van der Waals surface area contributed by atoms with Crippen molar-refractivity contribution in [1.29, 1.82) is 0 Å². The minimum atomic E-state index is 0.0910. The van der Waals surface area contributed by atoms with E-state index >= 15 is 0 Å². The topological polar surface area (TPSA) is 13.1 Å². The van der Waals surface area contributed by atoms with Gasteiger partial charge in [-0.1, -0.05) is 81.7 Å². The Labute approximate surface area is 181 Å². The Bertz CT molecular complexity index is 1290. The van der Waals surface area contributed by atoms with E-state index in [1.54, 1.807) is 0 Å². The molecule has 0 saturated carbocycles. The molecule has 0 spiro atoms. The third kappa shape index (κ3) is 2.33. The fourth-order valence-electron chi connectivity index (χ4n) is 5.18. The van der Waals surface area contributed by atoms with Crippen LogP contribution in [0.25, 0.3) is 33.1 Å². The fraction of sp³-hybridized carbons (Fsp3) is 0.333. The maximum absolute atomic E-state index is 6.02. The molecule has 0 saturated heterocycles. The van der Waals surface area contributed by atoms with Crippen LogP contribution in [0.4, 0.5) is 0 Å². The molecule has 0 radical (unpaired) electrons. The Morgan fingerprint density at radius 3 is 2.03 bits per heavy atom. The molecule has 1 heterocycles. The van der Waals surface area contributed by atoms with Gasteiger partial charge in [0.05, 0.1) is 0 Å². The summed E-state index contributed by atoms with van der Waals surface area (Å²) in [6, 6.07) is 19.6. The second kappa shape index (κ2) is 5.76. The highest BCUT2D eigenvalue weighted by molar-refractivity contribution is 9.10. The standard InChI is InChI=1S/C27H27BrO/c1-25(2)20-14-18(22(28)15-21(20)26(3,4)27(25,5)6)16-11-12-24-19(13-16)17-9-7-8-10-23(17)29-24/h7-15H,1-6H3. The van der Waals surface area contributed by atoms with Gasteiger partial charge in [0.15, 0.2) is 0 Å². The van der Waals surface area contributed by atoms with Crippen molar-refractivity contribution < 1.29 is 4.42 Å². The third-order valence-electron chi connectivity index (χ3n) is 8.27. The molecule has 0 atom stereocenters. The first kappa shape index (κ1) is 18.9. The van der Waals surface area contributed by atoms with Crippen molar-refractivity contribution >= 4 is 37.9 Å². The molecule has 0 aliphatic heterocycles. The van der Waals surface area contributed by atoms with Crippen LogP contribution in [0.3, 0.4) is 0 Å². The Morgan fingerprint density at radius 2 is 1.31 bits per heavy atom. The van der Waals surface area contributed by atoms with Crippen molar-refractivity contribution in [2.24, 2.45) is 5.41 Å². The zero-order valence-electron chi connectivity index (χ0n) is 18.0. The molecule has 0 fully saturated rings. The SMILES string of the molecule is CC1(C)c2cc(Br)c(-c3ccc4oc5ccccc5c4c3)cc2C(C)(C)C1(C)C. The number of hydrogen-bond donors (Lipinski definition) is 0. The highest BCUT2D eigenvalue weighted by Crippen LogP contribution is 2.62.